The molecule has 0 unspecified atom stereocenters. The Kier molecular flexibility index (Phi) is 14.2. The molecule has 0 radical (unpaired) electrons. The van der Waals surface area contributed by atoms with Crippen molar-refractivity contribution in [1.29, 1.82) is 0 Å². The monoisotopic (exact) mass is 922 g/mol. The van der Waals surface area contributed by atoms with E-state index in [1.807, 2.05) is 65.6 Å². The molecule has 1 aliphatic carbocycles. The standard InChI is InChI=1S/C54H58N4O10/c1-5-30-55-48(60)42-45-50(62)68-46(37-18-12-9-13-19-37)44(36-16-10-8-11-17-36)58(45)47(38-21-23-39(24-22-38)67-32-31-59)54(42)40-33-35(26-29-53(65)27-14-6-7-15-28-53)20-25-41(40)57(51(54)63)52(64)56-43(34(2)3)49(61)66-4/h5,8-13,16-25,33-34,42-47,59,65H,1,6-7,14-15,27-28,30-32H2,2-4H3,(H,55,60)(H,56,64)/t42-,43-,44-,45-,46+,47+,54-/m0/s1. The fraction of sp³-hybridized carbons (Fsp3) is 0.389. The predicted octanol–water partition coefficient (Wildman–Crippen LogP) is 6.37. The summed E-state index contributed by atoms with van der Waals surface area (Å²) in [7, 11) is 1.21. The molecule has 4 aliphatic rings. The Balaban J connectivity index is 1.45. The van der Waals surface area contributed by atoms with Gasteiger partial charge in [-0.05, 0) is 84.2 Å². The number of hydrogen-bond acceptors (Lipinski definition) is 11. The molecule has 7 atom stereocenters. The number of nitrogens with one attached hydrogen (secondary N) is 2. The maximum absolute atomic E-state index is 16.5. The van der Waals surface area contributed by atoms with Gasteiger partial charge in [-0.3, -0.25) is 19.3 Å². The molecule has 4 N–H and O–H groups in total. The van der Waals surface area contributed by atoms with Crippen LogP contribution in [0, 0.1) is 23.7 Å². The molecule has 3 aliphatic heterocycles. The number of cyclic esters (lactones) is 1. The van der Waals surface area contributed by atoms with Gasteiger partial charge in [0.1, 0.15) is 41.6 Å². The van der Waals surface area contributed by atoms with Gasteiger partial charge in [0.2, 0.25) is 11.8 Å². The van der Waals surface area contributed by atoms with E-state index in [0.717, 1.165) is 36.1 Å². The van der Waals surface area contributed by atoms with E-state index >= 15 is 14.4 Å². The lowest BCUT2D eigenvalue weighted by Crippen LogP contribution is -2.57. The average molecular weight is 923 g/mol. The fourth-order valence-corrected chi connectivity index (χ4v) is 10.6. The van der Waals surface area contributed by atoms with E-state index < -0.39 is 82.9 Å². The van der Waals surface area contributed by atoms with Crippen LogP contribution in [0.5, 0.6) is 5.75 Å². The molecule has 2 saturated heterocycles. The summed E-state index contributed by atoms with van der Waals surface area (Å²) >= 11 is 0. The minimum atomic E-state index is -2.09. The number of carbonyl (C=O) groups is 5. The highest BCUT2D eigenvalue weighted by Crippen LogP contribution is 2.66. The molecule has 4 aromatic carbocycles. The molecule has 1 spiro atoms. The lowest BCUT2D eigenvalue weighted by Gasteiger charge is -2.46. The van der Waals surface area contributed by atoms with Crippen LogP contribution in [-0.2, 0) is 34.1 Å². The number of aliphatic hydroxyl groups excluding tert-OH is 1. The topological polar surface area (TPSA) is 184 Å². The fourth-order valence-electron chi connectivity index (χ4n) is 10.6. The van der Waals surface area contributed by atoms with Crippen molar-refractivity contribution in [2.45, 2.75) is 93.7 Å². The Labute approximate surface area is 396 Å². The number of hydrogen-bond donors (Lipinski definition) is 4. The molecule has 354 valence electrons. The van der Waals surface area contributed by atoms with Gasteiger partial charge in [-0.2, -0.15) is 0 Å². The van der Waals surface area contributed by atoms with Gasteiger partial charge in [-0.1, -0.05) is 117 Å². The number of urea groups is 1. The minimum Gasteiger partial charge on any atom is -0.491 e. The van der Waals surface area contributed by atoms with Crippen LogP contribution in [0.1, 0.15) is 98.4 Å². The largest absolute Gasteiger partial charge is 0.491 e. The Morgan fingerprint density at radius 1 is 0.897 bits per heavy atom. The first-order chi connectivity index (χ1) is 32.9. The molecular formula is C54H58N4O10. The number of fused-ring (bicyclic) bond motifs is 3. The molecule has 3 fully saturated rings. The lowest BCUT2D eigenvalue weighted by atomic mass is 9.65. The zero-order valence-corrected chi connectivity index (χ0v) is 38.6. The van der Waals surface area contributed by atoms with Crippen molar-refractivity contribution in [3.05, 3.63) is 144 Å². The highest BCUT2D eigenvalue weighted by atomic mass is 16.6. The third-order valence-corrected chi connectivity index (χ3v) is 13.7. The highest BCUT2D eigenvalue weighted by Gasteiger charge is 2.75. The molecule has 4 amide bonds. The Morgan fingerprint density at radius 2 is 1.56 bits per heavy atom. The number of nitrogens with zero attached hydrogens (tertiary/aromatic N) is 2. The van der Waals surface area contributed by atoms with Gasteiger partial charge >= 0.3 is 18.0 Å². The third-order valence-electron chi connectivity index (χ3n) is 13.7. The Bertz CT molecular complexity index is 2580. The van der Waals surface area contributed by atoms with Crippen molar-refractivity contribution in [3.63, 3.8) is 0 Å². The molecule has 0 bridgehead atoms. The van der Waals surface area contributed by atoms with Crippen molar-refractivity contribution < 1.29 is 48.4 Å². The molecule has 3 heterocycles. The van der Waals surface area contributed by atoms with Crippen LogP contribution < -0.4 is 20.3 Å². The van der Waals surface area contributed by atoms with Crippen LogP contribution in [0.15, 0.2) is 116 Å². The summed E-state index contributed by atoms with van der Waals surface area (Å²) in [5, 5.41) is 26.9. The molecule has 8 rings (SSSR count). The number of morpholine rings is 1. The summed E-state index contributed by atoms with van der Waals surface area (Å²) in [6.07, 6.45) is 5.13. The van der Waals surface area contributed by atoms with Crippen molar-refractivity contribution in [2.75, 3.05) is 31.8 Å². The molecular weight excluding hydrogens is 865 g/mol. The van der Waals surface area contributed by atoms with Gasteiger partial charge < -0.3 is 35.1 Å². The number of amides is 4. The Hall–Kier alpha value is -6.79. The van der Waals surface area contributed by atoms with Crippen molar-refractivity contribution in [3.8, 4) is 17.6 Å². The van der Waals surface area contributed by atoms with Gasteiger partial charge in [0.05, 0.1) is 37.4 Å². The number of benzene rings is 4. The molecule has 14 nitrogen and oxygen atoms in total. The van der Waals surface area contributed by atoms with Crippen molar-refractivity contribution in [1.82, 2.24) is 15.5 Å². The predicted molar refractivity (Wildman–Crippen MR) is 253 cm³/mol. The molecule has 14 heteroatoms. The number of carbonyl (C=O) groups excluding carboxylic acids is 5. The van der Waals surface area contributed by atoms with Gasteiger partial charge in [-0.15, -0.1) is 6.58 Å². The first kappa shape index (κ1) is 47.7. The van der Waals surface area contributed by atoms with E-state index in [2.05, 4.69) is 29.1 Å². The van der Waals surface area contributed by atoms with Crippen LogP contribution in [0.25, 0.3) is 0 Å². The SMILES string of the molecule is C=CCNC(=O)[C@@H]1[C@H]2C(=O)O[C@H](c3ccccc3)[C@H](c3ccccc3)N2[C@H](c2ccc(OCCO)cc2)[C@@]12C(=O)N(C(=O)N[C@H](C(=O)OC)C(C)C)c1ccc(C#CC3(O)CCCCCC3)cc12. The van der Waals surface area contributed by atoms with E-state index in [1.165, 1.54) is 13.2 Å². The maximum Gasteiger partial charge on any atom is 0.329 e. The zero-order chi connectivity index (χ0) is 48.2. The summed E-state index contributed by atoms with van der Waals surface area (Å²) in [5.41, 5.74) is -0.721. The van der Waals surface area contributed by atoms with E-state index in [9.17, 15) is 19.8 Å². The molecule has 68 heavy (non-hydrogen) atoms. The summed E-state index contributed by atoms with van der Waals surface area (Å²) in [5.74, 6) is 1.73. The minimum absolute atomic E-state index is 0.0188. The summed E-state index contributed by atoms with van der Waals surface area (Å²) in [6, 6.07) is 25.0. The number of rotatable bonds is 12. The normalized spacial score (nSPS) is 24.4. The smallest absolute Gasteiger partial charge is 0.329 e. The molecule has 0 aromatic heterocycles. The number of methoxy groups -OCH3 is 1. The van der Waals surface area contributed by atoms with Crippen LogP contribution in [0.3, 0.4) is 0 Å². The summed E-state index contributed by atoms with van der Waals surface area (Å²) in [4.78, 5) is 78.2. The zero-order valence-electron chi connectivity index (χ0n) is 38.6. The quantitative estimate of drug-likeness (QED) is 0.0536. The van der Waals surface area contributed by atoms with Crippen molar-refractivity contribution >= 4 is 35.5 Å². The number of ether oxygens (including phenoxy) is 3. The average Bonchev–Trinajstić information content (AvgIpc) is 3.69. The van der Waals surface area contributed by atoms with E-state index in [4.69, 9.17) is 14.2 Å². The number of imide groups is 1. The van der Waals surface area contributed by atoms with Crippen LogP contribution in [0.4, 0.5) is 10.5 Å². The van der Waals surface area contributed by atoms with Crippen LogP contribution >= 0.6 is 0 Å². The Morgan fingerprint density at radius 3 is 2.18 bits per heavy atom. The van der Waals surface area contributed by atoms with E-state index in [0.29, 0.717) is 35.3 Å². The van der Waals surface area contributed by atoms with Crippen molar-refractivity contribution in [2.24, 2.45) is 11.8 Å². The lowest BCUT2D eigenvalue weighted by molar-refractivity contribution is -0.178. The van der Waals surface area contributed by atoms with Gasteiger partial charge in [-0.25, -0.2) is 14.5 Å². The second kappa shape index (κ2) is 20.2. The number of esters is 2. The van der Waals surface area contributed by atoms with Gasteiger partial charge in [0.15, 0.2) is 0 Å². The first-order valence-corrected chi connectivity index (χ1v) is 23.3. The van der Waals surface area contributed by atoms with Crippen LogP contribution in [-0.4, -0.2) is 89.5 Å². The van der Waals surface area contributed by atoms with E-state index in [-0.39, 0.29) is 31.0 Å². The maximum atomic E-state index is 16.5. The first-order valence-electron chi connectivity index (χ1n) is 23.3. The number of aliphatic hydroxyl groups is 2. The second-order valence-corrected chi connectivity index (χ2v) is 18.2. The summed E-state index contributed by atoms with van der Waals surface area (Å²) in [6.45, 7) is 7.05. The van der Waals surface area contributed by atoms with Gasteiger partial charge in [0.25, 0.3) is 0 Å². The van der Waals surface area contributed by atoms with Gasteiger partial charge in [0, 0.05) is 12.1 Å². The third kappa shape index (κ3) is 8.77. The summed E-state index contributed by atoms with van der Waals surface area (Å²) < 4.78 is 17.4. The number of anilines is 1. The highest BCUT2D eigenvalue weighted by molar-refractivity contribution is 6.25. The second-order valence-electron chi connectivity index (χ2n) is 18.2. The molecule has 1 saturated carbocycles. The molecule has 4 aromatic rings. The van der Waals surface area contributed by atoms with E-state index in [1.54, 1.807) is 56.3 Å². The van der Waals surface area contributed by atoms with Crippen LogP contribution in [0.2, 0.25) is 0 Å².